The molecule has 1 fully saturated rings. The van der Waals surface area contributed by atoms with E-state index in [1.165, 1.54) is 5.56 Å². The molecule has 0 saturated carbocycles. The third kappa shape index (κ3) is 3.30. The van der Waals surface area contributed by atoms with Crippen LogP contribution < -0.4 is 0 Å². The van der Waals surface area contributed by atoms with Gasteiger partial charge >= 0.3 is 0 Å². The molecule has 0 aliphatic carbocycles. The number of hydrogen-bond acceptors (Lipinski definition) is 2. The number of hydrogen-bond donors (Lipinski definition) is 0. The molecule has 2 aromatic rings. The Labute approximate surface area is 125 Å². The van der Waals surface area contributed by atoms with Gasteiger partial charge < -0.3 is 4.90 Å². The fourth-order valence-electron chi connectivity index (χ4n) is 2.93. The van der Waals surface area contributed by atoms with E-state index in [2.05, 4.69) is 17.1 Å². The zero-order valence-corrected chi connectivity index (χ0v) is 12.1. The first-order chi connectivity index (χ1) is 10.3. The fourth-order valence-corrected chi connectivity index (χ4v) is 2.93. The first kappa shape index (κ1) is 13.8. The number of benzene rings is 1. The molecule has 3 rings (SSSR count). The summed E-state index contributed by atoms with van der Waals surface area (Å²) in [6.45, 7) is 1.67. The van der Waals surface area contributed by atoms with Crippen LogP contribution in [-0.4, -0.2) is 28.9 Å². The lowest BCUT2D eigenvalue weighted by Gasteiger charge is -2.32. The van der Waals surface area contributed by atoms with Crippen LogP contribution >= 0.6 is 0 Å². The molecule has 1 atom stereocenters. The van der Waals surface area contributed by atoms with Gasteiger partial charge in [0.2, 0.25) is 5.91 Å². The summed E-state index contributed by atoms with van der Waals surface area (Å²) in [6, 6.07) is 16.2. The Morgan fingerprint density at radius 1 is 1.10 bits per heavy atom. The Balaban J connectivity index is 1.65. The molecule has 2 heterocycles. The third-order valence-electron chi connectivity index (χ3n) is 4.09. The summed E-state index contributed by atoms with van der Waals surface area (Å²) >= 11 is 0. The Morgan fingerprint density at radius 3 is 2.67 bits per heavy atom. The number of nitrogens with zero attached hydrogens (tertiary/aromatic N) is 2. The largest absolute Gasteiger partial charge is 0.342 e. The monoisotopic (exact) mass is 280 g/mol. The first-order valence-electron chi connectivity index (χ1n) is 7.58. The van der Waals surface area contributed by atoms with Gasteiger partial charge in [-0.05, 0) is 37.0 Å². The van der Waals surface area contributed by atoms with Crippen LogP contribution in [0.15, 0.2) is 54.7 Å². The Kier molecular flexibility index (Phi) is 4.29. The first-order valence-corrected chi connectivity index (χ1v) is 7.58. The van der Waals surface area contributed by atoms with E-state index in [1.54, 1.807) is 6.20 Å². The molecule has 0 spiro atoms. The number of rotatable bonds is 4. The molecule has 0 radical (unpaired) electrons. The minimum Gasteiger partial charge on any atom is -0.342 e. The molecule has 1 unspecified atom stereocenters. The van der Waals surface area contributed by atoms with E-state index in [9.17, 15) is 4.79 Å². The average Bonchev–Trinajstić information content (AvgIpc) is 2.56. The number of carbonyl (C=O) groups excluding carboxylic acids is 1. The van der Waals surface area contributed by atoms with Crippen molar-refractivity contribution in [1.29, 1.82) is 0 Å². The number of pyridine rings is 1. The topological polar surface area (TPSA) is 33.2 Å². The van der Waals surface area contributed by atoms with Gasteiger partial charge in [-0.15, -0.1) is 0 Å². The molecule has 1 aromatic heterocycles. The van der Waals surface area contributed by atoms with Gasteiger partial charge in [-0.3, -0.25) is 9.78 Å². The van der Waals surface area contributed by atoms with Crippen molar-refractivity contribution in [2.45, 2.75) is 25.2 Å². The lowest BCUT2D eigenvalue weighted by Crippen LogP contribution is -2.41. The Hall–Kier alpha value is -2.16. The van der Waals surface area contributed by atoms with Crippen LogP contribution in [0.4, 0.5) is 0 Å². The highest BCUT2D eigenvalue weighted by atomic mass is 16.2. The van der Waals surface area contributed by atoms with Gasteiger partial charge in [0.15, 0.2) is 0 Å². The molecule has 1 saturated heterocycles. The average molecular weight is 280 g/mol. The van der Waals surface area contributed by atoms with Crippen LogP contribution in [0.3, 0.4) is 0 Å². The van der Waals surface area contributed by atoms with Crippen molar-refractivity contribution >= 4 is 5.91 Å². The summed E-state index contributed by atoms with van der Waals surface area (Å²) in [5.74, 6) is 0.173. The van der Waals surface area contributed by atoms with Crippen molar-refractivity contribution in [2.75, 3.05) is 13.1 Å². The molecule has 1 amide bonds. The summed E-state index contributed by atoms with van der Waals surface area (Å²) in [4.78, 5) is 19.0. The second-order valence-electron chi connectivity index (χ2n) is 5.51. The van der Waals surface area contributed by atoms with Crippen LogP contribution in [0, 0.1) is 0 Å². The lowest BCUT2D eigenvalue weighted by molar-refractivity contribution is -0.135. The highest BCUT2D eigenvalue weighted by molar-refractivity contribution is 5.84. The third-order valence-corrected chi connectivity index (χ3v) is 4.09. The van der Waals surface area contributed by atoms with Crippen molar-refractivity contribution in [3.63, 3.8) is 0 Å². The van der Waals surface area contributed by atoms with E-state index >= 15 is 0 Å². The van der Waals surface area contributed by atoms with Crippen LogP contribution in [0.5, 0.6) is 0 Å². The Morgan fingerprint density at radius 2 is 1.90 bits per heavy atom. The molecular formula is C18H20N2O. The van der Waals surface area contributed by atoms with E-state index in [-0.39, 0.29) is 11.8 Å². The standard InChI is InChI=1S/C18H20N2O/c21-18-16(17-10-4-5-12-19-17)9-6-13-20(18)14-11-15-7-2-1-3-8-15/h1-5,7-8,10,12,16H,6,9,11,13-14H2. The van der Waals surface area contributed by atoms with Crippen molar-refractivity contribution in [3.8, 4) is 0 Å². The fraction of sp³-hybridized carbons (Fsp3) is 0.333. The van der Waals surface area contributed by atoms with Crippen molar-refractivity contribution in [1.82, 2.24) is 9.88 Å². The van der Waals surface area contributed by atoms with Crippen LogP contribution in [0.1, 0.15) is 30.0 Å². The molecule has 108 valence electrons. The quantitative estimate of drug-likeness (QED) is 0.862. The lowest BCUT2D eigenvalue weighted by atomic mass is 9.93. The van der Waals surface area contributed by atoms with Gasteiger partial charge in [0.25, 0.3) is 0 Å². The molecule has 3 heteroatoms. The predicted molar refractivity (Wildman–Crippen MR) is 82.9 cm³/mol. The van der Waals surface area contributed by atoms with Crippen LogP contribution in [-0.2, 0) is 11.2 Å². The predicted octanol–water partition coefficient (Wildman–Crippen LogP) is 3.03. The summed E-state index contributed by atoms with van der Waals surface area (Å²) in [5, 5.41) is 0. The summed E-state index contributed by atoms with van der Waals surface area (Å²) < 4.78 is 0. The second kappa shape index (κ2) is 6.53. The van der Waals surface area contributed by atoms with E-state index in [0.717, 1.165) is 38.0 Å². The summed E-state index contributed by atoms with van der Waals surface area (Å²) in [7, 11) is 0. The smallest absolute Gasteiger partial charge is 0.231 e. The van der Waals surface area contributed by atoms with E-state index in [0.29, 0.717) is 0 Å². The van der Waals surface area contributed by atoms with Gasteiger partial charge in [-0.25, -0.2) is 0 Å². The number of piperidine rings is 1. The minimum absolute atomic E-state index is 0.0595. The minimum atomic E-state index is -0.0595. The highest BCUT2D eigenvalue weighted by Gasteiger charge is 2.30. The maximum absolute atomic E-state index is 12.6. The molecule has 0 bridgehead atoms. The Bertz CT molecular complexity index is 583. The van der Waals surface area contributed by atoms with Gasteiger partial charge in [-0.1, -0.05) is 36.4 Å². The van der Waals surface area contributed by atoms with E-state index < -0.39 is 0 Å². The summed E-state index contributed by atoms with van der Waals surface area (Å²) in [5.41, 5.74) is 2.19. The molecule has 1 aliphatic heterocycles. The number of likely N-dealkylation sites (tertiary alicyclic amines) is 1. The second-order valence-corrected chi connectivity index (χ2v) is 5.51. The van der Waals surface area contributed by atoms with Gasteiger partial charge in [0.1, 0.15) is 0 Å². The molecule has 3 nitrogen and oxygen atoms in total. The van der Waals surface area contributed by atoms with Crippen LogP contribution in [0.25, 0.3) is 0 Å². The SMILES string of the molecule is O=C1C(c2ccccn2)CCCN1CCc1ccccc1. The van der Waals surface area contributed by atoms with Gasteiger partial charge in [-0.2, -0.15) is 0 Å². The number of aromatic nitrogens is 1. The van der Waals surface area contributed by atoms with Crippen molar-refractivity contribution < 1.29 is 4.79 Å². The van der Waals surface area contributed by atoms with Crippen molar-refractivity contribution in [2.24, 2.45) is 0 Å². The van der Waals surface area contributed by atoms with Crippen LogP contribution in [0.2, 0.25) is 0 Å². The zero-order chi connectivity index (χ0) is 14.5. The normalized spacial score (nSPS) is 18.8. The maximum atomic E-state index is 12.6. The van der Waals surface area contributed by atoms with E-state index in [4.69, 9.17) is 0 Å². The molecule has 0 N–H and O–H groups in total. The van der Waals surface area contributed by atoms with Gasteiger partial charge in [0, 0.05) is 19.3 Å². The molecule has 21 heavy (non-hydrogen) atoms. The number of amides is 1. The number of carbonyl (C=O) groups is 1. The van der Waals surface area contributed by atoms with Gasteiger partial charge in [0.05, 0.1) is 11.6 Å². The molecule has 1 aromatic carbocycles. The maximum Gasteiger partial charge on any atom is 0.231 e. The highest BCUT2D eigenvalue weighted by Crippen LogP contribution is 2.26. The van der Waals surface area contributed by atoms with Crippen molar-refractivity contribution in [3.05, 3.63) is 66.0 Å². The molecule has 1 aliphatic rings. The summed E-state index contributed by atoms with van der Waals surface area (Å²) in [6.07, 6.45) is 4.66. The molecular weight excluding hydrogens is 260 g/mol. The van der Waals surface area contributed by atoms with E-state index in [1.807, 2.05) is 41.3 Å². The zero-order valence-electron chi connectivity index (χ0n) is 12.1.